The average Bonchev–Trinajstić information content (AvgIpc) is 2.49. The number of nitrogens with two attached hydrogens (primary N) is 1. The number of para-hydroxylation sites is 2. The lowest BCUT2D eigenvalue weighted by molar-refractivity contribution is 0.416. The third kappa shape index (κ3) is 2.78. The second-order valence-electron chi connectivity index (χ2n) is 4.33. The van der Waals surface area contributed by atoms with Crippen molar-refractivity contribution in [3.8, 4) is 5.75 Å². The van der Waals surface area contributed by atoms with Gasteiger partial charge in [0, 0.05) is 7.05 Å². The van der Waals surface area contributed by atoms with Crippen LogP contribution in [0.2, 0.25) is 0 Å². The van der Waals surface area contributed by atoms with Gasteiger partial charge in [0.1, 0.15) is 11.6 Å². The molecular weight excluding hydrogens is 295 g/mol. The van der Waals surface area contributed by atoms with Gasteiger partial charge in [-0.3, -0.25) is 4.31 Å². The Hall–Kier alpha value is -2.28. The zero-order valence-electron chi connectivity index (χ0n) is 11.6. The van der Waals surface area contributed by atoms with Crippen molar-refractivity contribution in [3.63, 3.8) is 0 Å². The molecule has 0 atom stereocenters. The van der Waals surface area contributed by atoms with E-state index in [4.69, 9.17) is 10.5 Å². The van der Waals surface area contributed by atoms with Crippen LogP contribution in [0.15, 0.2) is 47.4 Å². The molecule has 0 saturated carbocycles. The molecule has 0 aliphatic heterocycles. The number of nitrogens with zero attached hydrogens (tertiary/aromatic N) is 1. The number of anilines is 2. The Morgan fingerprint density at radius 3 is 2.48 bits per heavy atom. The molecule has 0 bridgehead atoms. The van der Waals surface area contributed by atoms with Gasteiger partial charge in [-0.2, -0.15) is 0 Å². The van der Waals surface area contributed by atoms with Crippen LogP contribution in [0.5, 0.6) is 5.75 Å². The maximum absolute atomic E-state index is 13.5. The van der Waals surface area contributed by atoms with E-state index in [0.717, 1.165) is 10.4 Å². The van der Waals surface area contributed by atoms with Gasteiger partial charge in [-0.1, -0.05) is 12.1 Å². The van der Waals surface area contributed by atoms with Crippen LogP contribution in [0, 0.1) is 5.82 Å². The highest BCUT2D eigenvalue weighted by Crippen LogP contribution is 2.31. The third-order valence-electron chi connectivity index (χ3n) is 3.05. The number of benzene rings is 2. The molecule has 0 aliphatic carbocycles. The first-order valence-electron chi connectivity index (χ1n) is 6.05. The summed E-state index contributed by atoms with van der Waals surface area (Å²) in [5.74, 6) is -0.371. The number of hydrogen-bond donors (Lipinski definition) is 1. The first kappa shape index (κ1) is 15.1. The smallest absolute Gasteiger partial charge is 0.264 e. The number of methoxy groups -OCH3 is 1. The van der Waals surface area contributed by atoms with Crippen molar-refractivity contribution >= 4 is 21.4 Å². The van der Waals surface area contributed by atoms with Gasteiger partial charge in [0.05, 0.1) is 23.4 Å². The summed E-state index contributed by atoms with van der Waals surface area (Å²) in [6, 6.07) is 10.0. The summed E-state index contributed by atoms with van der Waals surface area (Å²) < 4.78 is 44.7. The minimum absolute atomic E-state index is 0.103. The fourth-order valence-electron chi connectivity index (χ4n) is 1.85. The molecular formula is C14H15FN2O3S. The van der Waals surface area contributed by atoms with Crippen molar-refractivity contribution in [1.29, 1.82) is 0 Å². The summed E-state index contributed by atoms with van der Waals surface area (Å²) in [4.78, 5) is -0.178. The summed E-state index contributed by atoms with van der Waals surface area (Å²) in [6.45, 7) is 0. The number of nitrogen functional groups attached to an aromatic ring is 1. The molecule has 2 rings (SSSR count). The molecule has 21 heavy (non-hydrogen) atoms. The Kier molecular flexibility index (Phi) is 4.04. The quantitative estimate of drug-likeness (QED) is 0.879. The summed E-state index contributed by atoms with van der Waals surface area (Å²) in [5.41, 5.74) is 5.62. The predicted molar refractivity (Wildman–Crippen MR) is 79.4 cm³/mol. The van der Waals surface area contributed by atoms with Gasteiger partial charge in [0.15, 0.2) is 0 Å². The maximum Gasteiger partial charge on any atom is 0.264 e. The molecule has 2 aromatic rings. The molecule has 112 valence electrons. The summed E-state index contributed by atoms with van der Waals surface area (Å²) in [6.07, 6.45) is 0. The van der Waals surface area contributed by atoms with E-state index >= 15 is 0 Å². The minimum Gasteiger partial charge on any atom is -0.495 e. The number of sulfonamides is 1. The van der Waals surface area contributed by atoms with E-state index in [2.05, 4.69) is 0 Å². The van der Waals surface area contributed by atoms with Crippen LogP contribution in [-0.2, 0) is 10.0 Å². The third-order valence-corrected chi connectivity index (χ3v) is 4.82. The molecule has 0 aliphatic rings. The molecule has 0 amide bonds. The Morgan fingerprint density at radius 1 is 1.19 bits per heavy atom. The van der Waals surface area contributed by atoms with Crippen molar-refractivity contribution in [2.45, 2.75) is 4.90 Å². The Bertz CT molecular complexity index is 763. The highest BCUT2D eigenvalue weighted by atomic mass is 32.2. The van der Waals surface area contributed by atoms with Crippen LogP contribution in [-0.4, -0.2) is 22.6 Å². The highest BCUT2D eigenvalue weighted by molar-refractivity contribution is 7.92. The lowest BCUT2D eigenvalue weighted by Crippen LogP contribution is -2.27. The second-order valence-corrected chi connectivity index (χ2v) is 6.30. The van der Waals surface area contributed by atoms with Gasteiger partial charge in [-0.25, -0.2) is 12.8 Å². The maximum atomic E-state index is 13.5. The van der Waals surface area contributed by atoms with Gasteiger partial charge < -0.3 is 10.5 Å². The fraction of sp³-hybridized carbons (Fsp3) is 0.143. The first-order chi connectivity index (χ1) is 9.87. The molecule has 0 fully saturated rings. The van der Waals surface area contributed by atoms with E-state index in [1.165, 1.54) is 26.3 Å². The van der Waals surface area contributed by atoms with Crippen LogP contribution in [0.25, 0.3) is 0 Å². The molecule has 0 spiro atoms. The van der Waals surface area contributed by atoms with E-state index in [0.29, 0.717) is 11.4 Å². The molecule has 0 radical (unpaired) electrons. The van der Waals surface area contributed by atoms with Gasteiger partial charge in [-0.15, -0.1) is 0 Å². The van der Waals surface area contributed by atoms with E-state index in [1.54, 1.807) is 24.3 Å². The Balaban J connectivity index is 2.50. The Morgan fingerprint density at radius 2 is 1.86 bits per heavy atom. The van der Waals surface area contributed by atoms with Gasteiger partial charge in [0.25, 0.3) is 10.0 Å². The number of hydrogen-bond acceptors (Lipinski definition) is 4. The highest BCUT2D eigenvalue weighted by Gasteiger charge is 2.24. The van der Waals surface area contributed by atoms with Crippen LogP contribution in [0.1, 0.15) is 0 Å². The zero-order valence-corrected chi connectivity index (χ0v) is 12.4. The topological polar surface area (TPSA) is 72.6 Å². The monoisotopic (exact) mass is 310 g/mol. The molecule has 2 N–H and O–H groups in total. The van der Waals surface area contributed by atoms with Gasteiger partial charge in [-0.05, 0) is 30.3 Å². The molecule has 0 heterocycles. The molecule has 2 aromatic carbocycles. The summed E-state index contributed by atoms with van der Waals surface area (Å²) in [5, 5.41) is 0. The normalized spacial score (nSPS) is 11.2. The number of rotatable bonds is 4. The molecule has 0 unspecified atom stereocenters. The van der Waals surface area contributed by atoms with Crippen LogP contribution >= 0.6 is 0 Å². The SMILES string of the molecule is COc1ccccc1N(C)S(=O)(=O)c1ccc(N)c(F)c1. The number of halogens is 1. The van der Waals surface area contributed by atoms with Gasteiger partial charge in [0.2, 0.25) is 0 Å². The lowest BCUT2D eigenvalue weighted by Gasteiger charge is -2.21. The van der Waals surface area contributed by atoms with E-state index in [-0.39, 0.29) is 10.6 Å². The minimum atomic E-state index is -3.91. The fourth-order valence-corrected chi connectivity index (χ4v) is 3.06. The first-order valence-corrected chi connectivity index (χ1v) is 7.49. The van der Waals surface area contributed by atoms with Gasteiger partial charge >= 0.3 is 0 Å². The predicted octanol–water partition coefficient (Wildman–Crippen LogP) is 2.24. The second kappa shape index (κ2) is 5.61. The molecule has 0 aromatic heterocycles. The number of ether oxygens (including phenoxy) is 1. The van der Waals surface area contributed by atoms with Crippen molar-refractivity contribution in [1.82, 2.24) is 0 Å². The van der Waals surface area contributed by atoms with Crippen LogP contribution in [0.3, 0.4) is 0 Å². The van der Waals surface area contributed by atoms with Crippen LogP contribution < -0.4 is 14.8 Å². The Labute approximate surface area is 122 Å². The van der Waals surface area contributed by atoms with E-state index < -0.39 is 15.8 Å². The average molecular weight is 310 g/mol. The molecule has 0 saturated heterocycles. The van der Waals surface area contributed by atoms with Crippen molar-refractivity contribution in [2.75, 3.05) is 24.2 Å². The van der Waals surface area contributed by atoms with Crippen molar-refractivity contribution in [2.24, 2.45) is 0 Å². The van der Waals surface area contributed by atoms with Crippen molar-refractivity contribution in [3.05, 3.63) is 48.3 Å². The van der Waals surface area contributed by atoms with Crippen LogP contribution in [0.4, 0.5) is 15.8 Å². The summed E-state index contributed by atoms with van der Waals surface area (Å²) in [7, 11) is -1.08. The molecule has 7 heteroatoms. The standard InChI is InChI=1S/C14H15FN2O3S/c1-17(13-5-3-4-6-14(13)20-2)21(18,19)10-7-8-12(16)11(15)9-10/h3-9H,16H2,1-2H3. The largest absolute Gasteiger partial charge is 0.495 e. The zero-order chi connectivity index (χ0) is 15.6. The van der Waals surface area contributed by atoms with E-state index in [9.17, 15) is 12.8 Å². The summed E-state index contributed by atoms with van der Waals surface area (Å²) >= 11 is 0. The van der Waals surface area contributed by atoms with Crippen molar-refractivity contribution < 1.29 is 17.5 Å². The molecule has 5 nitrogen and oxygen atoms in total. The van der Waals surface area contributed by atoms with E-state index in [1.807, 2.05) is 0 Å². The lowest BCUT2D eigenvalue weighted by atomic mass is 10.3.